The molecule has 0 saturated heterocycles. The maximum absolute atomic E-state index is 8.68. The largest absolute Gasteiger partial charge is 0.394 e. The molecule has 0 heterocycles. The van der Waals surface area contributed by atoms with Crippen LogP contribution in [-0.2, 0) is 4.74 Å². The predicted molar refractivity (Wildman–Crippen MR) is 54.6 cm³/mol. The quantitative estimate of drug-likeness (QED) is 0.652. The van der Waals surface area contributed by atoms with Gasteiger partial charge in [0.05, 0.1) is 34.4 Å². The molecular weight excluding hydrogens is 166 g/mol. The number of hydrogen-bond donors (Lipinski definition) is 1. The normalized spacial score (nSPS) is 15.9. The van der Waals surface area contributed by atoms with Crippen LogP contribution in [0.3, 0.4) is 0 Å². The highest BCUT2D eigenvalue weighted by atomic mass is 16.5. The highest BCUT2D eigenvalue weighted by molar-refractivity contribution is 4.76. The Morgan fingerprint density at radius 3 is 2.08 bits per heavy atom. The Morgan fingerprint density at radius 1 is 1.31 bits per heavy atom. The van der Waals surface area contributed by atoms with Crippen LogP contribution in [0, 0.1) is 0 Å². The molecule has 0 saturated carbocycles. The summed E-state index contributed by atoms with van der Waals surface area (Å²) in [5.74, 6) is 0. The molecule has 0 spiro atoms. The molecule has 0 aromatic heterocycles. The Balaban J connectivity index is 4.27. The van der Waals surface area contributed by atoms with E-state index in [1.54, 1.807) is 0 Å². The summed E-state index contributed by atoms with van der Waals surface area (Å²) in [5, 5.41) is 8.68. The van der Waals surface area contributed by atoms with E-state index in [1.165, 1.54) is 0 Å². The van der Waals surface area contributed by atoms with Crippen LogP contribution in [0.25, 0.3) is 0 Å². The molecule has 0 radical (unpaired) electrons. The minimum atomic E-state index is -0.193. The van der Waals surface area contributed by atoms with Gasteiger partial charge in [-0.15, -0.1) is 0 Å². The number of quaternary nitrogens is 1. The lowest BCUT2D eigenvalue weighted by atomic mass is 9.98. The van der Waals surface area contributed by atoms with Crippen molar-refractivity contribution < 1.29 is 14.3 Å². The van der Waals surface area contributed by atoms with Crippen LogP contribution < -0.4 is 0 Å². The molecule has 13 heavy (non-hydrogen) atoms. The zero-order valence-electron chi connectivity index (χ0n) is 9.79. The molecule has 0 aliphatic carbocycles. The summed E-state index contributed by atoms with van der Waals surface area (Å²) in [5.41, 5.74) is -0.193. The topological polar surface area (TPSA) is 29.5 Å². The van der Waals surface area contributed by atoms with Crippen LogP contribution in [-0.4, -0.2) is 55.6 Å². The van der Waals surface area contributed by atoms with Crippen molar-refractivity contribution in [1.29, 1.82) is 0 Å². The molecule has 3 nitrogen and oxygen atoms in total. The SMILES string of the molecule is CC(C(C)(C)OCCO)[N+](C)(C)C. The van der Waals surface area contributed by atoms with Crippen molar-refractivity contribution in [2.75, 3.05) is 34.4 Å². The summed E-state index contributed by atoms with van der Waals surface area (Å²) >= 11 is 0. The van der Waals surface area contributed by atoms with Gasteiger partial charge in [0, 0.05) is 0 Å². The zero-order chi connectivity index (χ0) is 10.7. The molecule has 1 N–H and O–H groups in total. The van der Waals surface area contributed by atoms with Crippen molar-refractivity contribution in [2.45, 2.75) is 32.4 Å². The number of nitrogens with zero attached hydrogens (tertiary/aromatic N) is 1. The molecule has 1 atom stereocenters. The Labute approximate surface area is 81.9 Å². The van der Waals surface area contributed by atoms with Crippen molar-refractivity contribution in [3.63, 3.8) is 0 Å². The lowest BCUT2D eigenvalue weighted by molar-refractivity contribution is -0.901. The van der Waals surface area contributed by atoms with Gasteiger partial charge >= 0.3 is 0 Å². The average Bonchev–Trinajstić information content (AvgIpc) is 1.98. The van der Waals surface area contributed by atoms with Crippen LogP contribution in [0.15, 0.2) is 0 Å². The summed E-state index contributed by atoms with van der Waals surface area (Å²) in [6, 6.07) is 0.388. The van der Waals surface area contributed by atoms with E-state index in [-0.39, 0.29) is 12.2 Å². The lowest BCUT2D eigenvalue weighted by Gasteiger charge is -2.41. The predicted octanol–water partition coefficient (Wildman–Crippen LogP) is 0.869. The van der Waals surface area contributed by atoms with Crippen molar-refractivity contribution in [3.05, 3.63) is 0 Å². The van der Waals surface area contributed by atoms with E-state index < -0.39 is 0 Å². The second kappa shape index (κ2) is 4.40. The molecule has 3 heteroatoms. The van der Waals surface area contributed by atoms with Gasteiger partial charge in [0.25, 0.3) is 0 Å². The van der Waals surface area contributed by atoms with Gasteiger partial charge in [-0.25, -0.2) is 0 Å². The Kier molecular flexibility index (Phi) is 4.36. The number of ether oxygens (including phenoxy) is 1. The monoisotopic (exact) mass is 190 g/mol. The maximum atomic E-state index is 8.68. The second-order valence-electron chi connectivity index (χ2n) is 4.97. The number of hydrogen-bond acceptors (Lipinski definition) is 2. The molecule has 0 aromatic carbocycles. The summed E-state index contributed by atoms with van der Waals surface area (Å²) in [4.78, 5) is 0. The molecular formula is C10H24NO2+. The molecule has 0 fully saturated rings. The Bertz CT molecular complexity index is 149. The van der Waals surface area contributed by atoms with E-state index in [9.17, 15) is 0 Å². The number of rotatable bonds is 5. The minimum absolute atomic E-state index is 0.0906. The average molecular weight is 190 g/mol. The van der Waals surface area contributed by atoms with E-state index in [1.807, 2.05) is 0 Å². The van der Waals surface area contributed by atoms with Crippen molar-refractivity contribution >= 4 is 0 Å². The van der Waals surface area contributed by atoms with Gasteiger partial charge in [-0.1, -0.05) is 0 Å². The smallest absolute Gasteiger partial charge is 0.114 e. The summed E-state index contributed by atoms with van der Waals surface area (Å²) < 4.78 is 6.46. The fourth-order valence-corrected chi connectivity index (χ4v) is 1.36. The van der Waals surface area contributed by atoms with Crippen molar-refractivity contribution in [1.82, 2.24) is 0 Å². The summed E-state index contributed by atoms with van der Waals surface area (Å²) in [6.07, 6.45) is 0. The van der Waals surface area contributed by atoms with Gasteiger partial charge in [-0.2, -0.15) is 0 Å². The van der Waals surface area contributed by atoms with Gasteiger partial charge in [0.15, 0.2) is 0 Å². The molecule has 80 valence electrons. The Morgan fingerprint density at radius 2 is 1.77 bits per heavy atom. The standard InChI is InChI=1S/C10H24NO2/c1-9(11(4,5)6)10(2,3)13-8-7-12/h9,12H,7-8H2,1-6H3/q+1. The van der Waals surface area contributed by atoms with Gasteiger partial charge in [0.1, 0.15) is 11.6 Å². The van der Waals surface area contributed by atoms with Gasteiger partial charge in [0.2, 0.25) is 0 Å². The van der Waals surface area contributed by atoms with Crippen LogP contribution in [0.1, 0.15) is 20.8 Å². The summed E-state index contributed by atoms with van der Waals surface area (Å²) in [7, 11) is 6.44. The molecule has 0 bridgehead atoms. The third-order valence-corrected chi connectivity index (χ3v) is 2.73. The van der Waals surface area contributed by atoms with Gasteiger partial charge in [-0.05, 0) is 20.8 Å². The third-order valence-electron chi connectivity index (χ3n) is 2.73. The molecule has 0 aromatic rings. The second-order valence-corrected chi connectivity index (χ2v) is 4.97. The first-order valence-corrected chi connectivity index (χ1v) is 4.77. The number of aliphatic hydroxyl groups is 1. The van der Waals surface area contributed by atoms with Crippen LogP contribution in [0.2, 0.25) is 0 Å². The van der Waals surface area contributed by atoms with Crippen LogP contribution in [0.5, 0.6) is 0 Å². The first kappa shape index (κ1) is 12.9. The van der Waals surface area contributed by atoms with E-state index in [0.717, 1.165) is 4.48 Å². The van der Waals surface area contributed by atoms with E-state index >= 15 is 0 Å². The number of likely N-dealkylation sites (N-methyl/N-ethyl adjacent to an activating group) is 1. The van der Waals surface area contributed by atoms with E-state index in [0.29, 0.717) is 12.6 Å². The number of aliphatic hydroxyl groups excluding tert-OH is 1. The third kappa shape index (κ3) is 4.07. The molecule has 0 aliphatic rings. The Hall–Kier alpha value is -0.120. The highest BCUT2D eigenvalue weighted by Crippen LogP contribution is 2.21. The van der Waals surface area contributed by atoms with Gasteiger partial charge in [-0.3, -0.25) is 0 Å². The fourth-order valence-electron chi connectivity index (χ4n) is 1.36. The highest BCUT2D eigenvalue weighted by Gasteiger charge is 2.36. The van der Waals surface area contributed by atoms with Crippen molar-refractivity contribution in [2.24, 2.45) is 0 Å². The fraction of sp³-hybridized carbons (Fsp3) is 1.00. The van der Waals surface area contributed by atoms with Gasteiger partial charge < -0.3 is 14.3 Å². The summed E-state index contributed by atoms with van der Waals surface area (Å²) in [6.45, 7) is 6.80. The minimum Gasteiger partial charge on any atom is -0.394 e. The lowest BCUT2D eigenvalue weighted by Crippen LogP contribution is -2.55. The maximum Gasteiger partial charge on any atom is 0.114 e. The van der Waals surface area contributed by atoms with Crippen molar-refractivity contribution in [3.8, 4) is 0 Å². The zero-order valence-corrected chi connectivity index (χ0v) is 9.79. The van der Waals surface area contributed by atoms with E-state index in [4.69, 9.17) is 9.84 Å². The van der Waals surface area contributed by atoms with E-state index in [2.05, 4.69) is 41.9 Å². The molecule has 0 aliphatic heterocycles. The molecule has 0 rings (SSSR count). The van der Waals surface area contributed by atoms with Crippen LogP contribution >= 0.6 is 0 Å². The first-order chi connectivity index (χ1) is 5.72. The molecule has 1 unspecified atom stereocenters. The first-order valence-electron chi connectivity index (χ1n) is 4.77. The van der Waals surface area contributed by atoms with Crippen LogP contribution in [0.4, 0.5) is 0 Å². The molecule has 0 amide bonds.